The van der Waals surface area contributed by atoms with E-state index in [0.29, 0.717) is 5.92 Å². The van der Waals surface area contributed by atoms with Crippen LogP contribution in [-0.2, 0) is 9.73 Å². The van der Waals surface area contributed by atoms with Crippen LogP contribution in [-0.4, -0.2) is 22.8 Å². The average molecular weight is 264 g/mol. The van der Waals surface area contributed by atoms with Gasteiger partial charge in [-0.25, -0.2) is 8.99 Å². The van der Waals surface area contributed by atoms with Gasteiger partial charge in [-0.05, 0) is 17.7 Å². The maximum Gasteiger partial charge on any atom is 0.483 e. The van der Waals surface area contributed by atoms with Crippen molar-refractivity contribution in [3.8, 4) is 0 Å². The largest absolute Gasteiger partial charge is 0.483 e. The molecule has 1 unspecified atom stereocenters. The quantitative estimate of drug-likeness (QED) is 0.861. The first kappa shape index (κ1) is 12.4. The molecule has 0 aliphatic carbocycles. The number of hydrogen-bond acceptors (Lipinski definition) is 3. The van der Waals surface area contributed by atoms with E-state index in [0.717, 1.165) is 30.8 Å². The van der Waals surface area contributed by atoms with Gasteiger partial charge in [0.2, 0.25) is 0 Å². The Morgan fingerprint density at radius 1 is 1.24 bits per heavy atom. The molecule has 1 aliphatic rings. The molecule has 0 saturated carbocycles. The van der Waals surface area contributed by atoms with Gasteiger partial charge in [0.25, 0.3) is 0 Å². The van der Waals surface area contributed by atoms with Crippen molar-refractivity contribution in [2.75, 3.05) is 13.1 Å². The Labute approximate surface area is 97.0 Å². The first-order valence-corrected chi connectivity index (χ1v) is 6.54. The van der Waals surface area contributed by atoms with Crippen LogP contribution in [0.3, 0.4) is 0 Å². The molecule has 17 heavy (non-hydrogen) atoms. The summed E-state index contributed by atoms with van der Waals surface area (Å²) < 4.78 is 55.4. The van der Waals surface area contributed by atoms with Gasteiger partial charge in [0.05, 0.1) is 4.90 Å². The lowest BCUT2D eigenvalue weighted by atomic mass is 9.94. The minimum absolute atomic E-state index is 0.303. The van der Waals surface area contributed by atoms with E-state index >= 15 is 0 Å². The van der Waals surface area contributed by atoms with Crippen molar-refractivity contribution in [3.05, 3.63) is 29.8 Å². The van der Waals surface area contributed by atoms with E-state index in [1.165, 1.54) is 12.1 Å². The summed E-state index contributed by atoms with van der Waals surface area (Å²) in [4.78, 5) is -0.485. The minimum atomic E-state index is -5.02. The van der Waals surface area contributed by atoms with Crippen LogP contribution < -0.4 is 5.32 Å². The maximum absolute atomic E-state index is 12.4. The Morgan fingerprint density at radius 3 is 2.12 bits per heavy atom. The molecule has 2 rings (SSSR count). The lowest BCUT2D eigenvalue weighted by Crippen LogP contribution is -2.39. The van der Waals surface area contributed by atoms with Gasteiger partial charge in [-0.1, -0.05) is 12.1 Å². The van der Waals surface area contributed by atoms with Crippen LogP contribution in [0.25, 0.3) is 0 Å². The molecule has 0 spiro atoms. The maximum atomic E-state index is 12.4. The highest BCUT2D eigenvalue weighted by Crippen LogP contribution is 2.31. The normalized spacial score (nSPS) is 20.6. The van der Waals surface area contributed by atoms with Crippen LogP contribution in [0.5, 0.6) is 0 Å². The Kier molecular flexibility index (Phi) is 2.90. The molecule has 1 aliphatic heterocycles. The number of benzene rings is 1. The molecule has 1 aromatic carbocycles. The van der Waals surface area contributed by atoms with Gasteiger partial charge in [0.15, 0.2) is 9.73 Å². The van der Waals surface area contributed by atoms with Crippen molar-refractivity contribution in [1.29, 1.82) is 4.78 Å². The van der Waals surface area contributed by atoms with Gasteiger partial charge in [0, 0.05) is 19.0 Å². The van der Waals surface area contributed by atoms with Crippen LogP contribution in [0.4, 0.5) is 13.2 Å². The predicted octanol–water partition coefficient (Wildman–Crippen LogP) is 2.30. The smallest absolute Gasteiger partial charge is 0.315 e. The van der Waals surface area contributed by atoms with E-state index < -0.39 is 20.1 Å². The molecule has 1 aromatic rings. The Hall–Kier alpha value is -1.08. The van der Waals surface area contributed by atoms with Gasteiger partial charge < -0.3 is 5.32 Å². The van der Waals surface area contributed by atoms with Gasteiger partial charge >= 0.3 is 5.51 Å². The molecule has 0 amide bonds. The first-order valence-electron chi connectivity index (χ1n) is 4.98. The topological polar surface area (TPSA) is 53.0 Å². The van der Waals surface area contributed by atoms with Gasteiger partial charge in [0.1, 0.15) is 0 Å². The molecule has 1 saturated heterocycles. The summed E-state index contributed by atoms with van der Waals surface area (Å²) >= 11 is 0. The summed E-state index contributed by atoms with van der Waals surface area (Å²) in [6, 6.07) is 5.30. The van der Waals surface area contributed by atoms with Crippen molar-refractivity contribution < 1.29 is 17.4 Å². The Bertz CT molecular complexity index is 503. The fourth-order valence-corrected chi connectivity index (χ4v) is 2.38. The Morgan fingerprint density at radius 2 is 1.76 bits per heavy atom. The third kappa shape index (κ3) is 2.16. The molecule has 94 valence electrons. The zero-order chi connectivity index (χ0) is 12.7. The van der Waals surface area contributed by atoms with E-state index in [4.69, 9.17) is 4.78 Å². The molecule has 3 nitrogen and oxygen atoms in total. The lowest BCUT2D eigenvalue weighted by Gasteiger charge is -2.27. The van der Waals surface area contributed by atoms with Crippen molar-refractivity contribution in [2.24, 2.45) is 0 Å². The van der Waals surface area contributed by atoms with Gasteiger partial charge in [-0.15, -0.1) is 0 Å². The van der Waals surface area contributed by atoms with Crippen molar-refractivity contribution in [3.63, 3.8) is 0 Å². The molecule has 2 N–H and O–H groups in total. The molecule has 1 fully saturated rings. The van der Waals surface area contributed by atoms with Gasteiger partial charge in [-0.2, -0.15) is 13.2 Å². The minimum Gasteiger partial charge on any atom is -0.315 e. The monoisotopic (exact) mass is 264 g/mol. The molecule has 1 atom stereocenters. The zero-order valence-corrected chi connectivity index (χ0v) is 9.57. The second-order valence-corrected chi connectivity index (χ2v) is 5.97. The van der Waals surface area contributed by atoms with Crippen LogP contribution in [0.15, 0.2) is 29.2 Å². The molecule has 7 heteroatoms. The molecular formula is C10H11F3N2OS. The van der Waals surface area contributed by atoms with Crippen molar-refractivity contribution in [2.45, 2.75) is 16.3 Å². The highest BCUT2D eigenvalue weighted by Gasteiger charge is 2.43. The van der Waals surface area contributed by atoms with E-state index in [1.54, 1.807) is 0 Å². The average Bonchev–Trinajstić information content (AvgIpc) is 2.14. The molecular weight excluding hydrogens is 253 g/mol. The number of nitrogens with one attached hydrogen (secondary N) is 2. The lowest BCUT2D eigenvalue weighted by molar-refractivity contribution is -0.0406. The second-order valence-electron chi connectivity index (χ2n) is 3.93. The summed E-state index contributed by atoms with van der Waals surface area (Å²) in [5.41, 5.74) is -4.11. The summed E-state index contributed by atoms with van der Waals surface area (Å²) in [6.45, 7) is 1.60. The van der Waals surface area contributed by atoms with E-state index in [-0.39, 0.29) is 0 Å². The number of halogens is 3. The highest BCUT2D eigenvalue weighted by molar-refractivity contribution is 7.93. The summed E-state index contributed by atoms with van der Waals surface area (Å²) in [5.74, 6) is 0.303. The fourth-order valence-electron chi connectivity index (χ4n) is 1.59. The first-order chi connectivity index (χ1) is 7.82. The third-order valence-electron chi connectivity index (χ3n) is 2.79. The summed E-state index contributed by atoms with van der Waals surface area (Å²) in [5, 5.41) is 3.06. The number of rotatable bonds is 2. The van der Waals surface area contributed by atoms with E-state index in [9.17, 15) is 17.4 Å². The van der Waals surface area contributed by atoms with Crippen LogP contribution in [0.2, 0.25) is 0 Å². The number of alkyl halides is 3. The Balaban J connectivity index is 2.29. The standard InChI is InChI=1S/C10H11F3N2OS/c11-10(12,13)17(14,16)9-3-1-7(2-4-9)8-5-15-6-8/h1-4,8,14-15H,5-6H2. The molecule has 0 aromatic heterocycles. The zero-order valence-electron chi connectivity index (χ0n) is 8.75. The van der Waals surface area contributed by atoms with E-state index in [1.807, 2.05) is 0 Å². The van der Waals surface area contributed by atoms with Crippen molar-refractivity contribution in [1.82, 2.24) is 5.32 Å². The summed E-state index contributed by atoms with van der Waals surface area (Å²) in [6.07, 6.45) is 0. The van der Waals surface area contributed by atoms with Crippen LogP contribution in [0, 0.1) is 4.78 Å². The third-order valence-corrected chi connectivity index (χ3v) is 4.38. The van der Waals surface area contributed by atoms with Gasteiger partial charge in [-0.3, -0.25) is 0 Å². The molecule has 0 radical (unpaired) electrons. The summed E-state index contributed by atoms with van der Waals surface area (Å²) in [7, 11) is -4.72. The van der Waals surface area contributed by atoms with Crippen molar-refractivity contribution >= 4 is 9.73 Å². The van der Waals surface area contributed by atoms with E-state index in [2.05, 4.69) is 5.32 Å². The number of hydrogen-bond donors (Lipinski definition) is 2. The highest BCUT2D eigenvalue weighted by atomic mass is 32.2. The fraction of sp³-hybridized carbons (Fsp3) is 0.400. The van der Waals surface area contributed by atoms with Crippen LogP contribution >= 0.6 is 0 Å². The second kappa shape index (κ2) is 3.99. The van der Waals surface area contributed by atoms with Crippen LogP contribution in [0.1, 0.15) is 11.5 Å². The SMILES string of the molecule is N=S(=O)(c1ccc(C2CNC2)cc1)C(F)(F)F. The molecule has 1 heterocycles. The molecule has 0 bridgehead atoms. The predicted molar refractivity (Wildman–Crippen MR) is 57.2 cm³/mol.